The van der Waals surface area contributed by atoms with Crippen LogP contribution in [0.4, 0.5) is 0 Å². The van der Waals surface area contributed by atoms with Gasteiger partial charge in [-0.05, 0) is 39.5 Å². The van der Waals surface area contributed by atoms with E-state index in [-0.39, 0.29) is 4.75 Å². The van der Waals surface area contributed by atoms with Crippen LogP contribution in [0.25, 0.3) is 0 Å². The molecule has 0 aromatic heterocycles. The molecule has 1 N–H and O–H groups in total. The van der Waals surface area contributed by atoms with Crippen LogP contribution in [0.5, 0.6) is 0 Å². The standard InChI is InChI=1S/C13H27NOS/c1-11-6-5-7-12(10-11)14-8-9-16(15)13(2,3)4/h11-12,14H,5-10H2,1-4H3. The summed E-state index contributed by atoms with van der Waals surface area (Å²) in [6, 6.07) is 0.667. The van der Waals surface area contributed by atoms with E-state index in [2.05, 4.69) is 12.2 Å². The number of hydrogen-bond acceptors (Lipinski definition) is 2. The van der Waals surface area contributed by atoms with Gasteiger partial charge in [0.25, 0.3) is 0 Å². The first-order valence-corrected chi connectivity index (χ1v) is 7.83. The third-order valence-electron chi connectivity index (χ3n) is 3.34. The molecule has 0 amide bonds. The quantitative estimate of drug-likeness (QED) is 0.825. The molecule has 0 bridgehead atoms. The predicted molar refractivity (Wildman–Crippen MR) is 72.2 cm³/mol. The van der Waals surface area contributed by atoms with Crippen LogP contribution in [0, 0.1) is 5.92 Å². The number of nitrogens with one attached hydrogen (secondary N) is 1. The molecule has 0 spiro atoms. The van der Waals surface area contributed by atoms with Crippen LogP contribution in [0.3, 0.4) is 0 Å². The molecule has 1 rings (SSSR count). The fourth-order valence-electron chi connectivity index (χ4n) is 2.28. The zero-order chi connectivity index (χ0) is 12.2. The average Bonchev–Trinajstić information content (AvgIpc) is 2.16. The molecule has 0 saturated heterocycles. The Morgan fingerprint density at radius 3 is 2.56 bits per heavy atom. The Kier molecular flexibility index (Phi) is 5.45. The Hall–Kier alpha value is 0.110. The Morgan fingerprint density at radius 2 is 2.00 bits per heavy atom. The van der Waals surface area contributed by atoms with E-state index >= 15 is 0 Å². The minimum Gasteiger partial charge on any atom is -0.313 e. The van der Waals surface area contributed by atoms with Crippen LogP contribution in [0.1, 0.15) is 53.4 Å². The van der Waals surface area contributed by atoms with Gasteiger partial charge in [-0.25, -0.2) is 0 Å². The van der Waals surface area contributed by atoms with Gasteiger partial charge >= 0.3 is 0 Å². The van der Waals surface area contributed by atoms with Crippen molar-refractivity contribution < 1.29 is 4.21 Å². The lowest BCUT2D eigenvalue weighted by Crippen LogP contribution is -2.37. The summed E-state index contributed by atoms with van der Waals surface area (Å²) >= 11 is 0. The minimum absolute atomic E-state index is 0.0679. The first-order valence-electron chi connectivity index (χ1n) is 6.51. The lowest BCUT2D eigenvalue weighted by Gasteiger charge is -2.28. The Balaban J connectivity index is 2.18. The molecule has 3 heteroatoms. The number of rotatable bonds is 4. The summed E-state index contributed by atoms with van der Waals surface area (Å²) in [6.07, 6.45) is 5.32. The molecule has 1 aliphatic rings. The monoisotopic (exact) mass is 245 g/mol. The third kappa shape index (κ3) is 4.96. The van der Waals surface area contributed by atoms with Crippen molar-refractivity contribution in [1.29, 1.82) is 0 Å². The molecule has 3 atom stereocenters. The molecule has 0 aromatic rings. The van der Waals surface area contributed by atoms with Crippen LogP contribution in [0.2, 0.25) is 0 Å². The highest BCUT2D eigenvalue weighted by Gasteiger charge is 2.21. The normalized spacial score (nSPS) is 29.0. The topological polar surface area (TPSA) is 29.1 Å². The van der Waals surface area contributed by atoms with Gasteiger partial charge in [-0.15, -0.1) is 0 Å². The van der Waals surface area contributed by atoms with Gasteiger partial charge in [0.15, 0.2) is 0 Å². The molecule has 1 fully saturated rings. The zero-order valence-corrected chi connectivity index (χ0v) is 12.0. The molecule has 0 aliphatic heterocycles. The first kappa shape index (κ1) is 14.2. The molecule has 96 valence electrons. The van der Waals surface area contributed by atoms with Crippen LogP contribution in [-0.4, -0.2) is 27.3 Å². The molecule has 0 radical (unpaired) electrons. The van der Waals surface area contributed by atoms with Gasteiger partial charge < -0.3 is 5.32 Å². The molecule has 16 heavy (non-hydrogen) atoms. The Bertz CT molecular complexity index is 235. The van der Waals surface area contributed by atoms with Crippen molar-refractivity contribution in [1.82, 2.24) is 5.32 Å². The fraction of sp³-hybridized carbons (Fsp3) is 1.00. The van der Waals surface area contributed by atoms with Crippen molar-refractivity contribution in [2.75, 3.05) is 12.3 Å². The third-order valence-corrected chi connectivity index (χ3v) is 5.28. The molecule has 1 aliphatic carbocycles. The molecule has 2 nitrogen and oxygen atoms in total. The maximum absolute atomic E-state index is 11.8. The van der Waals surface area contributed by atoms with E-state index in [1.165, 1.54) is 25.7 Å². The SMILES string of the molecule is CC1CCCC(NCCS(=O)C(C)(C)C)C1. The molecular weight excluding hydrogens is 218 g/mol. The van der Waals surface area contributed by atoms with E-state index < -0.39 is 10.8 Å². The summed E-state index contributed by atoms with van der Waals surface area (Å²) in [5, 5.41) is 3.56. The molecule has 0 aromatic carbocycles. The van der Waals surface area contributed by atoms with Crippen molar-refractivity contribution >= 4 is 10.8 Å². The summed E-state index contributed by atoms with van der Waals surface area (Å²) in [5.74, 6) is 1.65. The van der Waals surface area contributed by atoms with E-state index in [0.29, 0.717) is 6.04 Å². The van der Waals surface area contributed by atoms with E-state index in [0.717, 1.165) is 18.2 Å². The molecule has 1 saturated carbocycles. The Labute approximate surface area is 103 Å². The van der Waals surface area contributed by atoms with Gasteiger partial charge in [0.1, 0.15) is 0 Å². The molecule has 0 heterocycles. The highest BCUT2D eigenvalue weighted by molar-refractivity contribution is 7.86. The summed E-state index contributed by atoms with van der Waals surface area (Å²) in [6.45, 7) is 9.38. The molecular formula is C13H27NOS. The Morgan fingerprint density at radius 1 is 1.31 bits per heavy atom. The van der Waals surface area contributed by atoms with E-state index in [4.69, 9.17) is 0 Å². The fourth-order valence-corrected chi connectivity index (χ4v) is 3.20. The van der Waals surface area contributed by atoms with Crippen LogP contribution in [0.15, 0.2) is 0 Å². The van der Waals surface area contributed by atoms with Crippen molar-refractivity contribution in [3.05, 3.63) is 0 Å². The van der Waals surface area contributed by atoms with Crippen molar-refractivity contribution in [3.8, 4) is 0 Å². The van der Waals surface area contributed by atoms with E-state index in [9.17, 15) is 4.21 Å². The lowest BCUT2D eigenvalue weighted by molar-refractivity contribution is 0.306. The van der Waals surface area contributed by atoms with Crippen LogP contribution < -0.4 is 5.32 Å². The van der Waals surface area contributed by atoms with E-state index in [1.54, 1.807) is 0 Å². The minimum atomic E-state index is -0.713. The zero-order valence-electron chi connectivity index (χ0n) is 11.2. The highest BCUT2D eigenvalue weighted by Crippen LogP contribution is 2.23. The maximum Gasteiger partial charge on any atom is 0.0375 e. The summed E-state index contributed by atoms with van der Waals surface area (Å²) in [5.41, 5.74) is 0. The van der Waals surface area contributed by atoms with Gasteiger partial charge in [-0.1, -0.05) is 19.8 Å². The maximum atomic E-state index is 11.8. The second-order valence-corrected chi connectivity index (χ2v) is 8.41. The van der Waals surface area contributed by atoms with Crippen molar-refractivity contribution in [3.63, 3.8) is 0 Å². The van der Waals surface area contributed by atoms with Crippen LogP contribution in [-0.2, 0) is 10.8 Å². The number of hydrogen-bond donors (Lipinski definition) is 1. The first-order chi connectivity index (χ1) is 7.39. The second-order valence-electron chi connectivity index (χ2n) is 6.08. The van der Waals surface area contributed by atoms with Gasteiger partial charge in [-0.3, -0.25) is 4.21 Å². The smallest absolute Gasteiger partial charge is 0.0375 e. The van der Waals surface area contributed by atoms with Crippen molar-refractivity contribution in [2.24, 2.45) is 5.92 Å². The summed E-state index contributed by atoms with van der Waals surface area (Å²) in [4.78, 5) is 0. The summed E-state index contributed by atoms with van der Waals surface area (Å²) < 4.78 is 11.8. The van der Waals surface area contributed by atoms with Gasteiger partial charge in [0.2, 0.25) is 0 Å². The second kappa shape index (κ2) is 6.15. The molecule has 3 unspecified atom stereocenters. The average molecular weight is 245 g/mol. The predicted octanol–water partition coefficient (Wildman–Crippen LogP) is 2.70. The largest absolute Gasteiger partial charge is 0.313 e. The van der Waals surface area contributed by atoms with Gasteiger partial charge in [0.05, 0.1) is 0 Å². The summed E-state index contributed by atoms with van der Waals surface area (Å²) in [7, 11) is -0.713. The lowest BCUT2D eigenvalue weighted by atomic mass is 9.87. The van der Waals surface area contributed by atoms with Gasteiger partial charge in [0, 0.05) is 33.9 Å². The van der Waals surface area contributed by atoms with Crippen LogP contribution >= 0.6 is 0 Å². The van der Waals surface area contributed by atoms with Gasteiger partial charge in [-0.2, -0.15) is 0 Å². The van der Waals surface area contributed by atoms with Crippen molar-refractivity contribution in [2.45, 2.75) is 64.2 Å². The van der Waals surface area contributed by atoms with E-state index in [1.807, 2.05) is 20.8 Å². The highest BCUT2D eigenvalue weighted by atomic mass is 32.2.